The minimum Gasteiger partial charge on any atom is -0.507 e. The number of phenols is 1. The molecule has 2 aromatic heterocycles. The molecule has 28 heavy (non-hydrogen) atoms. The third-order valence-electron chi connectivity index (χ3n) is 4.79. The average molecular weight is 378 g/mol. The molecule has 142 valence electrons. The normalized spacial score (nSPS) is 11.6. The quantitative estimate of drug-likeness (QED) is 0.534. The van der Waals surface area contributed by atoms with Gasteiger partial charge in [-0.1, -0.05) is 18.2 Å². The van der Waals surface area contributed by atoms with Crippen molar-refractivity contribution in [3.05, 3.63) is 74.4 Å². The van der Waals surface area contributed by atoms with Gasteiger partial charge in [0.25, 0.3) is 0 Å². The smallest absolute Gasteiger partial charge is 0.344 e. The number of hydrogen-bond acceptors (Lipinski definition) is 5. The fourth-order valence-corrected chi connectivity index (χ4v) is 3.50. The first-order valence-corrected chi connectivity index (χ1v) is 8.96. The van der Waals surface area contributed by atoms with Gasteiger partial charge in [-0.2, -0.15) is 0 Å². The Morgan fingerprint density at radius 3 is 2.50 bits per heavy atom. The van der Waals surface area contributed by atoms with Gasteiger partial charge in [0.2, 0.25) is 0 Å². The second-order valence-corrected chi connectivity index (χ2v) is 7.23. The fraction of sp³-hybridized carbons (Fsp3) is 0.182. The van der Waals surface area contributed by atoms with Crippen molar-refractivity contribution < 1.29 is 18.8 Å². The Labute approximate surface area is 160 Å². The van der Waals surface area contributed by atoms with Crippen molar-refractivity contribution in [3.8, 4) is 16.9 Å². The van der Waals surface area contributed by atoms with Crippen molar-refractivity contribution in [2.75, 3.05) is 14.1 Å². The van der Waals surface area contributed by atoms with Gasteiger partial charge in [-0.3, -0.25) is 0 Å². The number of aryl methyl sites for hydroxylation is 1. The van der Waals surface area contributed by atoms with Crippen LogP contribution < -0.4 is 16.2 Å². The highest BCUT2D eigenvalue weighted by Gasteiger charge is 2.19. The third-order valence-corrected chi connectivity index (χ3v) is 4.79. The standard InChI is InChI=1S/C22H19NO5/c1-12-20(25)14(11-23(2)3)9-16-15(10-19(24)28-21(12)16)17-8-13-6-4-5-7-18(13)27-22(17)26/h4-10,25H,11H2,1-3H3/p+1. The number of fused-ring (bicyclic) bond motifs is 2. The van der Waals surface area contributed by atoms with E-state index >= 15 is 0 Å². The zero-order valence-electron chi connectivity index (χ0n) is 15.8. The van der Waals surface area contributed by atoms with Crippen LogP contribution in [0.1, 0.15) is 11.1 Å². The summed E-state index contributed by atoms with van der Waals surface area (Å²) in [6.07, 6.45) is 0. The van der Waals surface area contributed by atoms with E-state index in [4.69, 9.17) is 8.83 Å². The van der Waals surface area contributed by atoms with Crippen LogP contribution in [-0.4, -0.2) is 19.2 Å². The van der Waals surface area contributed by atoms with Gasteiger partial charge < -0.3 is 18.8 Å². The average Bonchev–Trinajstić information content (AvgIpc) is 2.65. The molecule has 0 radical (unpaired) electrons. The highest BCUT2D eigenvalue weighted by molar-refractivity contribution is 5.97. The monoisotopic (exact) mass is 378 g/mol. The Morgan fingerprint density at radius 1 is 1.00 bits per heavy atom. The van der Waals surface area contributed by atoms with Gasteiger partial charge in [0.1, 0.15) is 23.5 Å². The van der Waals surface area contributed by atoms with Crippen LogP contribution in [0.5, 0.6) is 5.75 Å². The molecule has 4 aromatic rings. The zero-order valence-corrected chi connectivity index (χ0v) is 15.8. The van der Waals surface area contributed by atoms with E-state index in [0.29, 0.717) is 34.2 Å². The molecule has 2 heterocycles. The molecule has 6 heteroatoms. The fourth-order valence-electron chi connectivity index (χ4n) is 3.50. The summed E-state index contributed by atoms with van der Waals surface area (Å²) in [4.78, 5) is 26.0. The van der Waals surface area contributed by atoms with E-state index in [2.05, 4.69) is 0 Å². The molecule has 0 atom stereocenters. The topological polar surface area (TPSA) is 85.1 Å². The van der Waals surface area contributed by atoms with Crippen molar-refractivity contribution in [1.29, 1.82) is 0 Å². The van der Waals surface area contributed by atoms with Crippen molar-refractivity contribution in [2.24, 2.45) is 0 Å². The molecule has 0 spiro atoms. The molecule has 0 aliphatic rings. The van der Waals surface area contributed by atoms with Crippen molar-refractivity contribution in [2.45, 2.75) is 13.5 Å². The van der Waals surface area contributed by atoms with Crippen LogP contribution in [0.4, 0.5) is 0 Å². The first-order valence-electron chi connectivity index (χ1n) is 8.96. The lowest BCUT2D eigenvalue weighted by Crippen LogP contribution is -3.04. The number of rotatable bonds is 3. The van der Waals surface area contributed by atoms with E-state index in [1.165, 1.54) is 6.07 Å². The number of aromatic hydroxyl groups is 1. The lowest BCUT2D eigenvalue weighted by Gasteiger charge is -2.14. The SMILES string of the molecule is Cc1c(O)c(C[NH+](C)C)cc2c(-c3cc4ccccc4oc3=O)cc(=O)oc12. The third kappa shape index (κ3) is 2.97. The number of benzene rings is 2. The number of phenolic OH excluding ortho intramolecular Hbond substituents is 1. The van der Waals surface area contributed by atoms with Crippen LogP contribution >= 0.6 is 0 Å². The van der Waals surface area contributed by atoms with Crippen molar-refractivity contribution >= 4 is 21.9 Å². The van der Waals surface area contributed by atoms with Crippen LogP contribution in [0.3, 0.4) is 0 Å². The Bertz CT molecular complexity index is 1330. The maximum absolute atomic E-state index is 12.7. The second-order valence-electron chi connectivity index (χ2n) is 7.23. The van der Waals surface area contributed by atoms with Crippen LogP contribution in [-0.2, 0) is 6.54 Å². The van der Waals surface area contributed by atoms with Gasteiger partial charge in [-0.05, 0) is 25.1 Å². The van der Waals surface area contributed by atoms with E-state index in [1.54, 1.807) is 31.2 Å². The van der Waals surface area contributed by atoms with Gasteiger partial charge in [-0.25, -0.2) is 9.59 Å². The Morgan fingerprint density at radius 2 is 1.75 bits per heavy atom. The Balaban J connectivity index is 2.09. The lowest BCUT2D eigenvalue weighted by molar-refractivity contribution is -0.872. The predicted molar refractivity (Wildman–Crippen MR) is 107 cm³/mol. The van der Waals surface area contributed by atoms with Crippen LogP contribution in [0.15, 0.2) is 60.9 Å². The zero-order chi connectivity index (χ0) is 20.0. The van der Waals surface area contributed by atoms with Gasteiger partial charge in [0.15, 0.2) is 0 Å². The summed E-state index contributed by atoms with van der Waals surface area (Å²) in [5.41, 5.74) is 1.52. The number of para-hydroxylation sites is 1. The summed E-state index contributed by atoms with van der Waals surface area (Å²) < 4.78 is 10.8. The molecule has 0 saturated carbocycles. The first kappa shape index (κ1) is 18.0. The molecule has 0 aliphatic carbocycles. The van der Waals surface area contributed by atoms with Crippen LogP contribution in [0.25, 0.3) is 33.1 Å². The molecule has 0 fully saturated rings. The van der Waals surface area contributed by atoms with Gasteiger partial charge in [0.05, 0.1) is 19.7 Å². The summed E-state index contributed by atoms with van der Waals surface area (Å²) in [6.45, 7) is 2.27. The Kier molecular flexibility index (Phi) is 4.28. The molecular weight excluding hydrogens is 358 g/mol. The molecule has 4 rings (SSSR count). The van der Waals surface area contributed by atoms with E-state index in [1.807, 2.05) is 26.2 Å². The maximum Gasteiger partial charge on any atom is 0.344 e. The molecular formula is C22H20NO5+. The van der Waals surface area contributed by atoms with E-state index < -0.39 is 11.3 Å². The summed E-state index contributed by atoms with van der Waals surface area (Å²) in [5.74, 6) is 0.0968. The molecule has 2 aromatic carbocycles. The summed E-state index contributed by atoms with van der Waals surface area (Å²) in [7, 11) is 3.95. The Hall–Kier alpha value is -3.38. The molecule has 0 amide bonds. The number of hydrogen-bond donors (Lipinski definition) is 2. The lowest BCUT2D eigenvalue weighted by atomic mass is 9.97. The van der Waals surface area contributed by atoms with E-state index in [-0.39, 0.29) is 16.9 Å². The summed E-state index contributed by atoms with van der Waals surface area (Å²) >= 11 is 0. The summed E-state index contributed by atoms with van der Waals surface area (Å²) in [5, 5.41) is 11.9. The molecule has 2 N–H and O–H groups in total. The molecule has 0 saturated heterocycles. The number of quaternary nitrogens is 1. The van der Waals surface area contributed by atoms with Gasteiger partial charge in [-0.15, -0.1) is 0 Å². The first-order chi connectivity index (χ1) is 13.3. The van der Waals surface area contributed by atoms with E-state index in [9.17, 15) is 14.7 Å². The molecule has 0 aliphatic heterocycles. The highest BCUT2D eigenvalue weighted by Crippen LogP contribution is 2.35. The van der Waals surface area contributed by atoms with Crippen LogP contribution in [0, 0.1) is 6.92 Å². The van der Waals surface area contributed by atoms with Crippen LogP contribution in [0.2, 0.25) is 0 Å². The van der Waals surface area contributed by atoms with Crippen molar-refractivity contribution in [1.82, 2.24) is 0 Å². The second kappa shape index (κ2) is 6.65. The van der Waals surface area contributed by atoms with Crippen molar-refractivity contribution in [3.63, 3.8) is 0 Å². The van der Waals surface area contributed by atoms with E-state index in [0.717, 1.165) is 10.3 Å². The van der Waals surface area contributed by atoms with Gasteiger partial charge in [0, 0.05) is 33.5 Å². The summed E-state index contributed by atoms with van der Waals surface area (Å²) in [6, 6.07) is 12.0. The largest absolute Gasteiger partial charge is 0.507 e. The predicted octanol–water partition coefficient (Wildman–Crippen LogP) is 2.22. The minimum atomic E-state index is -0.594. The van der Waals surface area contributed by atoms with Gasteiger partial charge >= 0.3 is 11.3 Å². The molecule has 6 nitrogen and oxygen atoms in total. The number of nitrogens with one attached hydrogen (secondary N) is 1. The molecule has 0 unspecified atom stereocenters. The molecule has 0 bridgehead atoms. The highest BCUT2D eigenvalue weighted by atomic mass is 16.4. The maximum atomic E-state index is 12.7. The minimum absolute atomic E-state index is 0.0968.